The van der Waals surface area contributed by atoms with Crippen LogP contribution >= 0.6 is 11.6 Å². The minimum absolute atomic E-state index is 0.413. The van der Waals surface area contributed by atoms with E-state index in [-0.39, 0.29) is 0 Å². The molecule has 18 heavy (non-hydrogen) atoms. The van der Waals surface area contributed by atoms with Crippen molar-refractivity contribution < 1.29 is 4.79 Å². The van der Waals surface area contributed by atoms with Gasteiger partial charge in [-0.25, -0.2) is 0 Å². The second-order valence-corrected chi connectivity index (χ2v) is 4.32. The molecule has 0 spiro atoms. The van der Waals surface area contributed by atoms with E-state index in [9.17, 15) is 4.79 Å². The Morgan fingerprint density at radius 3 is 2.44 bits per heavy atom. The molecule has 0 radical (unpaired) electrons. The molecule has 4 heteroatoms. The number of carbonyl (C=O) groups is 1. The van der Waals surface area contributed by atoms with Crippen molar-refractivity contribution in [1.29, 1.82) is 0 Å². The zero-order valence-corrected chi connectivity index (χ0v) is 10.4. The lowest BCUT2D eigenvalue weighted by Crippen LogP contribution is -2.15. The number of anilines is 1. The SMILES string of the molecule is NC(=O)c1ccccc1CNc1ccc(Cl)cc1. The zero-order valence-electron chi connectivity index (χ0n) is 9.69. The highest BCUT2D eigenvalue weighted by atomic mass is 35.5. The van der Waals surface area contributed by atoms with Crippen molar-refractivity contribution in [1.82, 2.24) is 0 Å². The molecule has 0 aliphatic rings. The van der Waals surface area contributed by atoms with Crippen LogP contribution in [-0.2, 0) is 6.54 Å². The first-order chi connectivity index (χ1) is 8.66. The first kappa shape index (κ1) is 12.5. The van der Waals surface area contributed by atoms with Gasteiger partial charge in [0.25, 0.3) is 0 Å². The van der Waals surface area contributed by atoms with Crippen LogP contribution in [0.5, 0.6) is 0 Å². The smallest absolute Gasteiger partial charge is 0.249 e. The van der Waals surface area contributed by atoms with Gasteiger partial charge in [-0.3, -0.25) is 4.79 Å². The van der Waals surface area contributed by atoms with Crippen molar-refractivity contribution in [3.8, 4) is 0 Å². The molecule has 1 amide bonds. The largest absolute Gasteiger partial charge is 0.381 e. The predicted octanol–water partition coefficient (Wildman–Crippen LogP) is 3.05. The number of primary amides is 1. The van der Waals surface area contributed by atoms with Crippen molar-refractivity contribution in [2.24, 2.45) is 5.73 Å². The van der Waals surface area contributed by atoms with Crippen LogP contribution in [0.1, 0.15) is 15.9 Å². The number of nitrogens with two attached hydrogens (primary N) is 1. The molecular weight excluding hydrogens is 248 g/mol. The number of rotatable bonds is 4. The van der Waals surface area contributed by atoms with Gasteiger partial charge in [-0.2, -0.15) is 0 Å². The third kappa shape index (κ3) is 3.02. The fourth-order valence-electron chi connectivity index (χ4n) is 1.68. The maximum Gasteiger partial charge on any atom is 0.249 e. The van der Waals surface area contributed by atoms with Crippen molar-refractivity contribution >= 4 is 23.2 Å². The quantitative estimate of drug-likeness (QED) is 0.888. The van der Waals surface area contributed by atoms with E-state index in [2.05, 4.69) is 5.32 Å². The van der Waals surface area contributed by atoms with Gasteiger partial charge in [-0.1, -0.05) is 29.8 Å². The third-order valence-corrected chi connectivity index (χ3v) is 2.86. The predicted molar refractivity (Wildman–Crippen MR) is 73.7 cm³/mol. The van der Waals surface area contributed by atoms with Crippen LogP contribution in [0, 0.1) is 0 Å². The second kappa shape index (κ2) is 5.56. The van der Waals surface area contributed by atoms with Crippen LogP contribution in [-0.4, -0.2) is 5.91 Å². The fraction of sp³-hybridized carbons (Fsp3) is 0.0714. The molecule has 0 atom stereocenters. The summed E-state index contributed by atoms with van der Waals surface area (Å²) in [4.78, 5) is 11.3. The zero-order chi connectivity index (χ0) is 13.0. The van der Waals surface area contributed by atoms with E-state index >= 15 is 0 Å². The lowest BCUT2D eigenvalue weighted by molar-refractivity contribution is 0.0999. The maximum atomic E-state index is 11.3. The molecule has 0 saturated heterocycles. The number of carbonyl (C=O) groups excluding carboxylic acids is 1. The van der Waals surface area contributed by atoms with E-state index in [0.29, 0.717) is 17.1 Å². The van der Waals surface area contributed by atoms with Crippen molar-refractivity contribution in [3.63, 3.8) is 0 Å². The Labute approximate surface area is 111 Å². The Hall–Kier alpha value is -2.00. The highest BCUT2D eigenvalue weighted by Crippen LogP contribution is 2.15. The van der Waals surface area contributed by atoms with Gasteiger partial charge in [0.1, 0.15) is 0 Å². The van der Waals surface area contributed by atoms with Gasteiger partial charge in [0, 0.05) is 22.8 Å². The maximum absolute atomic E-state index is 11.3. The highest BCUT2D eigenvalue weighted by Gasteiger charge is 2.06. The minimum atomic E-state index is -0.413. The van der Waals surface area contributed by atoms with Gasteiger partial charge in [0.05, 0.1) is 0 Å². The molecule has 2 rings (SSSR count). The molecule has 2 aromatic carbocycles. The molecule has 3 N–H and O–H groups in total. The number of hydrogen-bond acceptors (Lipinski definition) is 2. The molecule has 3 nitrogen and oxygen atoms in total. The van der Waals surface area contributed by atoms with E-state index in [1.54, 1.807) is 12.1 Å². The molecule has 0 fully saturated rings. The summed E-state index contributed by atoms with van der Waals surface area (Å²) in [6.07, 6.45) is 0. The van der Waals surface area contributed by atoms with Crippen LogP contribution in [0.15, 0.2) is 48.5 Å². The molecular formula is C14H13ClN2O. The van der Waals surface area contributed by atoms with Gasteiger partial charge < -0.3 is 11.1 Å². The average molecular weight is 261 g/mol. The van der Waals surface area contributed by atoms with Gasteiger partial charge in [-0.05, 0) is 35.9 Å². The summed E-state index contributed by atoms with van der Waals surface area (Å²) < 4.78 is 0. The summed E-state index contributed by atoms with van der Waals surface area (Å²) >= 11 is 5.81. The van der Waals surface area contributed by atoms with Crippen molar-refractivity contribution in [2.75, 3.05) is 5.32 Å². The normalized spacial score (nSPS) is 10.1. The molecule has 0 saturated carbocycles. The van der Waals surface area contributed by atoms with Gasteiger partial charge in [0.2, 0.25) is 5.91 Å². The summed E-state index contributed by atoms with van der Waals surface area (Å²) in [7, 11) is 0. The molecule has 0 bridgehead atoms. The van der Waals surface area contributed by atoms with Gasteiger partial charge in [0.15, 0.2) is 0 Å². The van der Waals surface area contributed by atoms with Gasteiger partial charge in [-0.15, -0.1) is 0 Å². The highest BCUT2D eigenvalue weighted by molar-refractivity contribution is 6.30. The monoisotopic (exact) mass is 260 g/mol. The van der Waals surface area contributed by atoms with Gasteiger partial charge >= 0.3 is 0 Å². The first-order valence-electron chi connectivity index (χ1n) is 5.54. The molecule has 0 aliphatic heterocycles. The molecule has 92 valence electrons. The summed E-state index contributed by atoms with van der Waals surface area (Å²) in [5, 5.41) is 3.91. The van der Waals surface area contributed by atoms with Crippen LogP contribution < -0.4 is 11.1 Å². The Kier molecular flexibility index (Phi) is 3.85. The van der Waals surface area contributed by atoms with Crippen molar-refractivity contribution in [3.05, 3.63) is 64.7 Å². The van der Waals surface area contributed by atoms with E-state index < -0.39 is 5.91 Å². The summed E-state index contributed by atoms with van der Waals surface area (Å²) in [6, 6.07) is 14.7. The lowest BCUT2D eigenvalue weighted by Gasteiger charge is -2.09. The molecule has 0 unspecified atom stereocenters. The van der Waals surface area contributed by atoms with E-state index in [1.807, 2.05) is 36.4 Å². The Morgan fingerprint density at radius 2 is 1.78 bits per heavy atom. The van der Waals surface area contributed by atoms with E-state index in [4.69, 9.17) is 17.3 Å². The van der Waals surface area contributed by atoms with Crippen LogP contribution in [0.3, 0.4) is 0 Å². The average Bonchev–Trinajstić information content (AvgIpc) is 2.38. The number of amides is 1. The standard InChI is InChI=1S/C14H13ClN2O/c15-11-5-7-12(8-6-11)17-9-10-3-1-2-4-13(10)14(16)18/h1-8,17H,9H2,(H2,16,18). The summed E-state index contributed by atoms with van der Waals surface area (Å²) in [5.41, 5.74) is 7.68. The molecule has 0 aliphatic carbocycles. The molecule has 0 aromatic heterocycles. The Balaban J connectivity index is 2.10. The lowest BCUT2D eigenvalue weighted by atomic mass is 10.1. The number of hydrogen-bond donors (Lipinski definition) is 2. The van der Waals surface area contributed by atoms with Crippen LogP contribution in [0.25, 0.3) is 0 Å². The molecule has 0 heterocycles. The third-order valence-electron chi connectivity index (χ3n) is 2.61. The number of benzene rings is 2. The van der Waals surface area contributed by atoms with Crippen LogP contribution in [0.2, 0.25) is 5.02 Å². The second-order valence-electron chi connectivity index (χ2n) is 3.88. The molecule has 2 aromatic rings. The number of nitrogens with one attached hydrogen (secondary N) is 1. The van der Waals surface area contributed by atoms with Crippen LogP contribution in [0.4, 0.5) is 5.69 Å². The Morgan fingerprint density at radius 1 is 1.11 bits per heavy atom. The summed E-state index contributed by atoms with van der Waals surface area (Å²) in [6.45, 7) is 0.542. The van der Waals surface area contributed by atoms with E-state index in [1.165, 1.54) is 0 Å². The first-order valence-corrected chi connectivity index (χ1v) is 5.92. The van der Waals surface area contributed by atoms with E-state index in [0.717, 1.165) is 11.3 Å². The Bertz CT molecular complexity index is 552. The summed E-state index contributed by atoms with van der Waals surface area (Å²) in [5.74, 6) is -0.413. The number of halogens is 1. The fourth-order valence-corrected chi connectivity index (χ4v) is 1.81. The topological polar surface area (TPSA) is 55.1 Å². The minimum Gasteiger partial charge on any atom is -0.381 e. The van der Waals surface area contributed by atoms with Crippen molar-refractivity contribution in [2.45, 2.75) is 6.54 Å².